The van der Waals surface area contributed by atoms with Crippen LogP contribution in [0.2, 0.25) is 5.02 Å². The van der Waals surface area contributed by atoms with Gasteiger partial charge in [0.05, 0.1) is 10.7 Å². The number of aryl methyl sites for hydroxylation is 2. The van der Waals surface area contributed by atoms with Crippen molar-refractivity contribution < 1.29 is 14.3 Å². The van der Waals surface area contributed by atoms with Gasteiger partial charge < -0.3 is 4.74 Å². The molecule has 144 valence electrons. The number of hydrogen-bond acceptors (Lipinski definition) is 6. The fourth-order valence-electron chi connectivity index (χ4n) is 2.61. The summed E-state index contributed by atoms with van der Waals surface area (Å²) in [7, 11) is 0. The average Bonchev–Trinajstić information content (AvgIpc) is 3.04. The summed E-state index contributed by atoms with van der Waals surface area (Å²) in [5.74, 6) is -0.616. The molecule has 0 fully saturated rings. The molecule has 0 radical (unpaired) electrons. The van der Waals surface area contributed by atoms with E-state index in [9.17, 15) is 9.59 Å². The fourth-order valence-corrected chi connectivity index (χ4v) is 3.20. The summed E-state index contributed by atoms with van der Waals surface area (Å²) in [6.07, 6.45) is 1.95. The first-order valence-corrected chi connectivity index (χ1v) is 10.0. The summed E-state index contributed by atoms with van der Waals surface area (Å²) in [6.45, 7) is 3.36. The highest BCUT2D eigenvalue weighted by Gasteiger charge is 2.18. The summed E-state index contributed by atoms with van der Waals surface area (Å²) in [5, 5.41) is 4.49. The lowest BCUT2D eigenvalue weighted by molar-refractivity contribution is 0.0469. The van der Waals surface area contributed by atoms with E-state index in [1.807, 2.05) is 38.3 Å². The van der Waals surface area contributed by atoms with E-state index < -0.39 is 5.97 Å². The van der Waals surface area contributed by atoms with Gasteiger partial charge in [0.2, 0.25) is 0 Å². The third-order valence-corrected chi connectivity index (χ3v) is 5.05. The summed E-state index contributed by atoms with van der Waals surface area (Å²) in [6, 6.07) is 12.2. The molecule has 0 unspecified atom stereocenters. The van der Waals surface area contributed by atoms with Gasteiger partial charge in [0.25, 0.3) is 0 Å². The SMILES string of the molecule is CSc1ccc(C(=O)COC(=O)c2nc(-n3nc(C)cc3C)ccc2Cl)cc1. The van der Waals surface area contributed by atoms with Crippen molar-refractivity contribution in [2.45, 2.75) is 18.7 Å². The van der Waals surface area contributed by atoms with E-state index in [2.05, 4.69) is 10.1 Å². The molecule has 0 N–H and O–H groups in total. The first kappa shape index (κ1) is 20.1. The number of esters is 1. The number of benzene rings is 1. The molecular weight excluding hydrogens is 398 g/mol. The van der Waals surface area contributed by atoms with Crippen molar-refractivity contribution in [2.24, 2.45) is 0 Å². The fraction of sp³-hybridized carbons (Fsp3) is 0.200. The second-order valence-corrected chi connectivity index (χ2v) is 7.35. The van der Waals surface area contributed by atoms with Crippen LogP contribution in [0.25, 0.3) is 5.82 Å². The first-order chi connectivity index (χ1) is 13.4. The monoisotopic (exact) mass is 415 g/mol. The molecule has 0 amide bonds. The summed E-state index contributed by atoms with van der Waals surface area (Å²) in [4.78, 5) is 30.0. The zero-order chi connectivity index (χ0) is 20.3. The van der Waals surface area contributed by atoms with Gasteiger partial charge in [-0.15, -0.1) is 11.8 Å². The molecule has 3 rings (SSSR count). The largest absolute Gasteiger partial charge is 0.453 e. The number of nitrogens with zero attached hydrogens (tertiary/aromatic N) is 3. The zero-order valence-corrected chi connectivity index (χ0v) is 17.2. The molecule has 1 aromatic carbocycles. The molecule has 28 heavy (non-hydrogen) atoms. The van der Waals surface area contributed by atoms with Crippen LogP contribution in [-0.4, -0.2) is 39.4 Å². The molecule has 0 aliphatic rings. The number of rotatable bonds is 6. The number of thioether (sulfide) groups is 1. The van der Waals surface area contributed by atoms with Gasteiger partial charge >= 0.3 is 5.97 Å². The van der Waals surface area contributed by atoms with Crippen LogP contribution in [0.4, 0.5) is 0 Å². The van der Waals surface area contributed by atoms with Crippen LogP contribution in [0.15, 0.2) is 47.4 Å². The number of carbonyl (C=O) groups excluding carboxylic acids is 2. The molecule has 0 bridgehead atoms. The molecule has 0 saturated heterocycles. The van der Waals surface area contributed by atoms with Crippen LogP contribution in [0.5, 0.6) is 0 Å². The number of ketones is 1. The van der Waals surface area contributed by atoms with Crippen molar-refractivity contribution in [3.05, 3.63) is 70.1 Å². The molecule has 0 atom stereocenters. The second kappa shape index (κ2) is 8.58. The van der Waals surface area contributed by atoms with Gasteiger partial charge in [-0.05, 0) is 50.4 Å². The molecule has 2 aromatic heterocycles. The maximum absolute atomic E-state index is 12.4. The highest BCUT2D eigenvalue weighted by Crippen LogP contribution is 2.19. The highest BCUT2D eigenvalue weighted by atomic mass is 35.5. The summed E-state index contributed by atoms with van der Waals surface area (Å²) in [5.41, 5.74) is 2.12. The number of carbonyl (C=O) groups is 2. The lowest BCUT2D eigenvalue weighted by atomic mass is 10.1. The number of aromatic nitrogens is 3. The average molecular weight is 416 g/mol. The maximum atomic E-state index is 12.4. The van der Waals surface area contributed by atoms with Gasteiger partial charge in [0, 0.05) is 16.2 Å². The molecule has 3 aromatic rings. The van der Waals surface area contributed by atoms with Gasteiger partial charge in [0.15, 0.2) is 23.9 Å². The Morgan fingerprint density at radius 2 is 1.86 bits per heavy atom. The van der Waals surface area contributed by atoms with Crippen molar-refractivity contribution in [3.8, 4) is 5.82 Å². The molecule has 2 heterocycles. The number of halogens is 1. The standard InChI is InChI=1S/C20H18ClN3O3S/c1-12-10-13(2)24(23-12)18-9-8-16(21)19(22-18)20(26)27-11-17(25)14-4-6-15(28-3)7-5-14/h4-10H,11H2,1-3H3. The Hall–Kier alpha value is -2.64. The quantitative estimate of drug-likeness (QED) is 0.339. The normalized spacial score (nSPS) is 10.7. The zero-order valence-electron chi connectivity index (χ0n) is 15.6. The van der Waals surface area contributed by atoms with Gasteiger partial charge in [-0.25, -0.2) is 14.5 Å². The Kier molecular flexibility index (Phi) is 6.16. The number of pyridine rings is 1. The number of Topliss-reactive ketones (excluding diaryl/α,β-unsaturated/α-hetero) is 1. The van der Waals surface area contributed by atoms with E-state index in [4.69, 9.17) is 16.3 Å². The molecule has 0 saturated carbocycles. The molecule has 8 heteroatoms. The van der Waals surface area contributed by atoms with Gasteiger partial charge in [-0.3, -0.25) is 4.79 Å². The van der Waals surface area contributed by atoms with Gasteiger partial charge in [-0.1, -0.05) is 23.7 Å². The van der Waals surface area contributed by atoms with E-state index in [1.54, 1.807) is 40.7 Å². The lowest BCUT2D eigenvalue weighted by Gasteiger charge is -2.08. The van der Waals surface area contributed by atoms with Crippen LogP contribution >= 0.6 is 23.4 Å². The summed E-state index contributed by atoms with van der Waals surface area (Å²) < 4.78 is 6.75. The Morgan fingerprint density at radius 1 is 1.14 bits per heavy atom. The van der Waals surface area contributed by atoms with Crippen LogP contribution in [0.3, 0.4) is 0 Å². The van der Waals surface area contributed by atoms with Crippen LogP contribution in [0, 0.1) is 13.8 Å². The Morgan fingerprint density at radius 3 is 2.46 bits per heavy atom. The van der Waals surface area contributed by atoms with Crippen molar-refractivity contribution in [1.82, 2.24) is 14.8 Å². The van der Waals surface area contributed by atoms with E-state index in [-0.39, 0.29) is 23.1 Å². The Balaban J connectivity index is 1.74. The van der Waals surface area contributed by atoms with Gasteiger partial charge in [0.1, 0.15) is 0 Å². The molecular formula is C20H18ClN3O3S. The van der Waals surface area contributed by atoms with Gasteiger partial charge in [-0.2, -0.15) is 5.10 Å². The molecule has 0 aliphatic carbocycles. The Bertz CT molecular complexity index is 1030. The highest BCUT2D eigenvalue weighted by molar-refractivity contribution is 7.98. The van der Waals surface area contributed by atoms with Crippen LogP contribution in [-0.2, 0) is 4.74 Å². The topological polar surface area (TPSA) is 74.1 Å². The minimum absolute atomic E-state index is 0.0581. The van der Waals surface area contributed by atoms with E-state index in [1.165, 1.54) is 0 Å². The number of ether oxygens (including phenoxy) is 1. The smallest absolute Gasteiger partial charge is 0.359 e. The van der Waals surface area contributed by atoms with E-state index in [0.717, 1.165) is 16.3 Å². The van der Waals surface area contributed by atoms with E-state index >= 15 is 0 Å². The minimum atomic E-state index is -0.762. The van der Waals surface area contributed by atoms with Crippen LogP contribution < -0.4 is 0 Å². The third kappa shape index (κ3) is 4.43. The predicted molar refractivity (Wildman–Crippen MR) is 109 cm³/mol. The lowest BCUT2D eigenvalue weighted by Crippen LogP contribution is -2.16. The maximum Gasteiger partial charge on any atom is 0.359 e. The van der Waals surface area contributed by atoms with Crippen molar-refractivity contribution in [3.63, 3.8) is 0 Å². The first-order valence-electron chi connectivity index (χ1n) is 8.43. The van der Waals surface area contributed by atoms with Crippen molar-refractivity contribution >= 4 is 35.1 Å². The number of hydrogen-bond donors (Lipinski definition) is 0. The predicted octanol–water partition coefficient (Wildman–Crippen LogP) is 4.30. The molecule has 0 aliphatic heterocycles. The van der Waals surface area contributed by atoms with Crippen molar-refractivity contribution in [2.75, 3.05) is 12.9 Å². The summed E-state index contributed by atoms with van der Waals surface area (Å²) >= 11 is 7.69. The van der Waals surface area contributed by atoms with Crippen molar-refractivity contribution in [1.29, 1.82) is 0 Å². The molecule has 6 nitrogen and oxygen atoms in total. The Labute approximate surface area is 171 Å². The van der Waals surface area contributed by atoms with E-state index in [0.29, 0.717) is 11.4 Å². The minimum Gasteiger partial charge on any atom is -0.453 e. The second-order valence-electron chi connectivity index (χ2n) is 6.07. The van der Waals surface area contributed by atoms with Crippen LogP contribution in [0.1, 0.15) is 32.2 Å². The third-order valence-electron chi connectivity index (χ3n) is 4.00. The molecule has 0 spiro atoms.